The molecule has 2 aliphatic rings. The van der Waals surface area contributed by atoms with Crippen LogP contribution in [-0.2, 0) is 0 Å². The third-order valence-corrected chi connectivity index (χ3v) is 4.29. The normalized spacial score (nSPS) is 17.9. The van der Waals surface area contributed by atoms with Crippen molar-refractivity contribution in [3.05, 3.63) is 75.9 Å². The minimum atomic E-state index is -0.0210. The first kappa shape index (κ1) is 12.6. The van der Waals surface area contributed by atoms with Gasteiger partial charge in [-0.1, -0.05) is 40.7 Å². The molecular weight excluding hydrogens is 326 g/mol. The number of benzene rings is 2. The third kappa shape index (κ3) is 1.88. The lowest BCUT2D eigenvalue weighted by molar-refractivity contribution is 0.890. The number of para-hydroxylation sites is 2. The van der Waals surface area contributed by atoms with Gasteiger partial charge in [0, 0.05) is 16.1 Å². The molecule has 3 nitrogen and oxygen atoms in total. The van der Waals surface area contributed by atoms with Crippen molar-refractivity contribution < 1.29 is 0 Å². The van der Waals surface area contributed by atoms with E-state index >= 15 is 0 Å². The molecule has 0 bridgehead atoms. The summed E-state index contributed by atoms with van der Waals surface area (Å²) >= 11 is 3.55. The fourth-order valence-electron chi connectivity index (χ4n) is 2.90. The first-order valence-corrected chi connectivity index (χ1v) is 7.63. The second-order valence-corrected chi connectivity index (χ2v) is 6.01. The highest BCUT2D eigenvalue weighted by Crippen LogP contribution is 2.39. The first-order chi connectivity index (χ1) is 10.3. The van der Waals surface area contributed by atoms with Gasteiger partial charge < -0.3 is 0 Å². The highest BCUT2D eigenvalue weighted by molar-refractivity contribution is 9.10. The van der Waals surface area contributed by atoms with Gasteiger partial charge in [-0.3, -0.25) is 4.99 Å². The van der Waals surface area contributed by atoms with E-state index in [1.807, 2.05) is 30.3 Å². The van der Waals surface area contributed by atoms with Gasteiger partial charge in [0.2, 0.25) is 0 Å². The summed E-state index contributed by atoms with van der Waals surface area (Å²) in [6, 6.07) is 14.3. The summed E-state index contributed by atoms with van der Waals surface area (Å²) in [7, 11) is 0. The fraction of sp³-hybridized carbons (Fsp3) is 0.118. The molecule has 1 atom stereocenters. The Labute approximate surface area is 130 Å². The Morgan fingerprint density at radius 1 is 1.29 bits per heavy atom. The van der Waals surface area contributed by atoms with Crippen LogP contribution >= 0.6 is 15.9 Å². The fourth-order valence-corrected chi connectivity index (χ4v) is 3.28. The van der Waals surface area contributed by atoms with Crippen molar-refractivity contribution in [2.24, 2.45) is 4.99 Å². The van der Waals surface area contributed by atoms with E-state index in [0.717, 1.165) is 27.6 Å². The summed E-state index contributed by atoms with van der Waals surface area (Å²) in [5.41, 5.74) is 2.36. The highest BCUT2D eigenvalue weighted by Gasteiger charge is 2.44. The molecule has 0 N–H and O–H groups in total. The van der Waals surface area contributed by atoms with Crippen molar-refractivity contribution >= 4 is 27.5 Å². The molecule has 0 saturated heterocycles. The Hall–Kier alpha value is -2.16. The Morgan fingerprint density at radius 2 is 2.14 bits per heavy atom. The molecule has 2 heterocycles. The summed E-state index contributed by atoms with van der Waals surface area (Å²) < 4.78 is 5.90. The lowest BCUT2D eigenvalue weighted by atomic mass is 10.1. The Balaban J connectivity index is 2.05. The zero-order chi connectivity index (χ0) is 14.4. The minimum absolute atomic E-state index is 0.0210. The van der Waals surface area contributed by atoms with Gasteiger partial charge >= 0.3 is 5.84 Å². The number of halogens is 1. The van der Waals surface area contributed by atoms with Gasteiger partial charge in [-0.2, -0.15) is 0 Å². The lowest BCUT2D eigenvalue weighted by Crippen LogP contribution is -2.40. The van der Waals surface area contributed by atoms with Crippen LogP contribution in [0, 0.1) is 0 Å². The molecule has 0 fully saturated rings. The number of nitrogens with zero attached hydrogens (tertiary/aromatic N) is 3. The van der Waals surface area contributed by atoms with E-state index in [2.05, 4.69) is 45.6 Å². The Kier molecular flexibility index (Phi) is 2.81. The minimum Gasteiger partial charge on any atom is -0.257 e. The number of hydrogen-bond acceptors (Lipinski definition) is 2. The first-order valence-electron chi connectivity index (χ1n) is 6.84. The van der Waals surface area contributed by atoms with E-state index in [-0.39, 0.29) is 6.04 Å². The molecule has 0 aliphatic carbocycles. The van der Waals surface area contributed by atoms with E-state index < -0.39 is 0 Å². The smallest absolute Gasteiger partial charge is 0.257 e. The van der Waals surface area contributed by atoms with Crippen LogP contribution in [0.25, 0.3) is 0 Å². The standard InChI is InChI=1S/C17H13BrN3/c1-2-9-21-15-8-7-11(18)10-12(15)16-17(21)20-14-6-4-3-5-13(14)19-16/h2-8,10,16H,1,9H2/q+1. The largest absolute Gasteiger partial charge is 0.380 e. The molecule has 0 aromatic heterocycles. The van der Waals surface area contributed by atoms with Crippen LogP contribution in [0.1, 0.15) is 11.6 Å². The molecule has 0 amide bonds. The monoisotopic (exact) mass is 338 g/mol. The predicted molar refractivity (Wildman–Crippen MR) is 87.9 cm³/mol. The SMILES string of the molecule is C=CCN1C2=[N+]=c3ccccc3=NC2c2cc(Br)ccc21. The van der Waals surface area contributed by atoms with Gasteiger partial charge in [0.15, 0.2) is 6.04 Å². The van der Waals surface area contributed by atoms with Gasteiger partial charge in [-0.05, 0) is 24.3 Å². The van der Waals surface area contributed by atoms with Crippen LogP contribution in [0.2, 0.25) is 0 Å². The van der Waals surface area contributed by atoms with Crippen molar-refractivity contribution in [3.8, 4) is 0 Å². The molecular formula is C17H13BrN3+. The molecule has 0 saturated carbocycles. The van der Waals surface area contributed by atoms with Crippen molar-refractivity contribution in [3.63, 3.8) is 0 Å². The Morgan fingerprint density at radius 3 is 3.00 bits per heavy atom. The van der Waals surface area contributed by atoms with Crippen molar-refractivity contribution in [1.82, 2.24) is 4.67 Å². The number of anilines is 1. The molecule has 1 unspecified atom stereocenters. The van der Waals surface area contributed by atoms with E-state index in [0.29, 0.717) is 0 Å². The molecule has 4 heteroatoms. The van der Waals surface area contributed by atoms with Crippen LogP contribution in [0.15, 0.2) is 64.6 Å². The van der Waals surface area contributed by atoms with Crippen LogP contribution in [0.3, 0.4) is 0 Å². The lowest BCUT2D eigenvalue weighted by Gasteiger charge is -2.08. The Bertz CT molecular complexity index is 910. The molecule has 102 valence electrons. The zero-order valence-electron chi connectivity index (χ0n) is 11.3. The van der Waals surface area contributed by atoms with E-state index in [4.69, 9.17) is 9.66 Å². The second-order valence-electron chi connectivity index (χ2n) is 5.09. The van der Waals surface area contributed by atoms with Gasteiger partial charge in [-0.25, -0.2) is 9.57 Å². The molecule has 2 aliphatic heterocycles. The van der Waals surface area contributed by atoms with E-state index in [1.165, 1.54) is 11.3 Å². The van der Waals surface area contributed by atoms with Gasteiger partial charge in [0.1, 0.15) is 17.6 Å². The predicted octanol–water partition coefficient (Wildman–Crippen LogP) is 1.91. The summed E-state index contributed by atoms with van der Waals surface area (Å²) in [5.74, 6) is 0.988. The molecule has 4 rings (SSSR count). The number of fused-ring (bicyclic) bond motifs is 4. The summed E-state index contributed by atoms with van der Waals surface area (Å²) in [4.78, 5) is 7.09. The van der Waals surface area contributed by atoms with Crippen LogP contribution in [0.5, 0.6) is 0 Å². The van der Waals surface area contributed by atoms with Gasteiger partial charge in [0.25, 0.3) is 5.36 Å². The number of amidine groups is 1. The van der Waals surface area contributed by atoms with Crippen molar-refractivity contribution in [2.45, 2.75) is 6.04 Å². The zero-order valence-corrected chi connectivity index (χ0v) is 12.9. The average molecular weight is 339 g/mol. The third-order valence-electron chi connectivity index (χ3n) is 3.79. The van der Waals surface area contributed by atoms with Crippen LogP contribution in [-0.4, -0.2) is 12.4 Å². The molecule has 0 radical (unpaired) electrons. The topological polar surface area (TPSA) is 29.7 Å². The average Bonchev–Trinajstić information content (AvgIpc) is 2.79. The number of hydrogen-bond donors (Lipinski definition) is 0. The maximum absolute atomic E-state index is 4.89. The van der Waals surface area contributed by atoms with Crippen LogP contribution in [0.4, 0.5) is 5.69 Å². The van der Waals surface area contributed by atoms with E-state index in [9.17, 15) is 0 Å². The summed E-state index contributed by atoms with van der Waals surface area (Å²) in [6.07, 6.45) is 1.90. The molecule has 0 spiro atoms. The quantitative estimate of drug-likeness (QED) is 0.607. The molecule has 2 aromatic carbocycles. The maximum atomic E-state index is 4.89. The van der Waals surface area contributed by atoms with Gasteiger partial charge in [-0.15, -0.1) is 0 Å². The van der Waals surface area contributed by atoms with Crippen molar-refractivity contribution in [1.29, 1.82) is 0 Å². The summed E-state index contributed by atoms with van der Waals surface area (Å²) in [6.45, 7) is 4.60. The second kappa shape index (κ2) is 4.69. The number of rotatable bonds is 2. The maximum Gasteiger partial charge on any atom is 0.380 e. The molecule has 21 heavy (non-hydrogen) atoms. The van der Waals surface area contributed by atoms with Gasteiger partial charge in [0.05, 0.1) is 0 Å². The van der Waals surface area contributed by atoms with Crippen LogP contribution < -0.4 is 20.3 Å². The molecule has 2 aromatic rings. The summed E-state index contributed by atoms with van der Waals surface area (Å²) in [5, 5.41) is 1.89. The van der Waals surface area contributed by atoms with E-state index in [1.54, 1.807) is 0 Å². The highest BCUT2D eigenvalue weighted by atomic mass is 79.9. The van der Waals surface area contributed by atoms with Crippen molar-refractivity contribution in [2.75, 3.05) is 11.4 Å².